The molecule has 1 heterocycles. The Labute approximate surface area is 115 Å². The molecule has 0 saturated heterocycles. The van der Waals surface area contributed by atoms with Crippen LogP contribution in [0.2, 0.25) is 0 Å². The third-order valence-corrected chi connectivity index (χ3v) is 3.38. The quantitative estimate of drug-likeness (QED) is 0.711. The summed E-state index contributed by atoms with van der Waals surface area (Å²) in [5, 5.41) is 10.4. The minimum atomic E-state index is -0.158. The van der Waals surface area contributed by atoms with Crippen LogP contribution in [-0.2, 0) is 0 Å². The average molecular weight is 266 g/mol. The molecule has 0 amide bonds. The number of fused-ring (bicyclic) bond motifs is 1. The number of benzene rings is 2. The van der Waals surface area contributed by atoms with E-state index in [1.165, 1.54) is 0 Å². The van der Waals surface area contributed by atoms with Crippen molar-refractivity contribution < 1.29 is 5.11 Å². The molecule has 0 atom stereocenters. The molecular formula is C16H14N2O2. The van der Waals surface area contributed by atoms with E-state index in [0.717, 1.165) is 16.7 Å². The van der Waals surface area contributed by atoms with E-state index in [-0.39, 0.29) is 11.3 Å². The van der Waals surface area contributed by atoms with Gasteiger partial charge in [0.15, 0.2) is 0 Å². The Kier molecular flexibility index (Phi) is 2.79. The van der Waals surface area contributed by atoms with Crippen LogP contribution in [0.4, 0.5) is 0 Å². The van der Waals surface area contributed by atoms with E-state index >= 15 is 0 Å². The third kappa shape index (κ3) is 1.95. The molecule has 100 valence electrons. The number of hydrogen-bond acceptors (Lipinski definition) is 3. The van der Waals surface area contributed by atoms with Crippen LogP contribution < -0.4 is 5.56 Å². The summed E-state index contributed by atoms with van der Waals surface area (Å²) >= 11 is 0. The highest BCUT2D eigenvalue weighted by molar-refractivity contribution is 5.79. The van der Waals surface area contributed by atoms with Crippen molar-refractivity contribution in [3.05, 3.63) is 57.9 Å². The number of aryl methyl sites for hydroxylation is 2. The van der Waals surface area contributed by atoms with E-state index in [1.807, 2.05) is 44.2 Å². The highest BCUT2D eigenvalue weighted by Crippen LogP contribution is 2.27. The Hall–Kier alpha value is -2.62. The number of phenolic OH excluding ortho intramolecular Hbond substituents is 1. The molecule has 4 heteroatoms. The van der Waals surface area contributed by atoms with Crippen LogP contribution >= 0.6 is 0 Å². The van der Waals surface area contributed by atoms with Gasteiger partial charge in [-0.1, -0.05) is 12.1 Å². The molecule has 3 rings (SSSR count). The Morgan fingerprint density at radius 1 is 1.10 bits per heavy atom. The lowest BCUT2D eigenvalue weighted by atomic mass is 10.1. The lowest BCUT2D eigenvalue weighted by Gasteiger charge is -2.08. The van der Waals surface area contributed by atoms with Crippen LogP contribution in [0.5, 0.6) is 5.75 Å². The van der Waals surface area contributed by atoms with Crippen LogP contribution in [0.3, 0.4) is 0 Å². The molecule has 0 aliphatic carbocycles. The molecule has 0 aliphatic heterocycles. The summed E-state index contributed by atoms with van der Waals surface area (Å²) in [6.07, 6.45) is 0. The van der Waals surface area contributed by atoms with E-state index in [9.17, 15) is 9.90 Å². The number of nitrogens with zero attached hydrogens (tertiary/aromatic N) is 1. The summed E-state index contributed by atoms with van der Waals surface area (Å²) in [5.41, 5.74) is 2.82. The first-order valence-corrected chi connectivity index (χ1v) is 6.36. The molecule has 0 aliphatic rings. The van der Waals surface area contributed by atoms with Crippen molar-refractivity contribution >= 4 is 10.9 Å². The molecule has 0 radical (unpaired) electrons. The lowest BCUT2D eigenvalue weighted by molar-refractivity contribution is 0.467. The van der Waals surface area contributed by atoms with Crippen LogP contribution in [0.15, 0.2) is 41.2 Å². The standard InChI is InChI=1S/C16H14N2O2/c1-9-7-11(8-10(2)14(9)19)15-17-13-6-4-3-5-12(13)16(20)18-15/h3-8,19H,1-2H3,(H,17,18,20). The normalized spacial score (nSPS) is 10.9. The Morgan fingerprint density at radius 3 is 2.45 bits per heavy atom. The predicted octanol–water partition coefficient (Wildman–Crippen LogP) is 2.91. The van der Waals surface area contributed by atoms with E-state index in [1.54, 1.807) is 6.07 Å². The minimum absolute atomic E-state index is 0.158. The van der Waals surface area contributed by atoms with Gasteiger partial charge < -0.3 is 10.1 Å². The monoisotopic (exact) mass is 266 g/mol. The van der Waals surface area contributed by atoms with Crippen molar-refractivity contribution in [2.24, 2.45) is 0 Å². The van der Waals surface area contributed by atoms with Crippen LogP contribution in [-0.4, -0.2) is 15.1 Å². The van der Waals surface area contributed by atoms with E-state index in [4.69, 9.17) is 0 Å². The molecule has 0 unspecified atom stereocenters. The summed E-state index contributed by atoms with van der Waals surface area (Å²) in [4.78, 5) is 19.3. The van der Waals surface area contributed by atoms with Crippen molar-refractivity contribution in [3.8, 4) is 17.1 Å². The Bertz CT molecular complexity index is 843. The number of phenols is 1. The SMILES string of the molecule is Cc1cc(-c2nc3ccccc3c(=O)[nH]2)cc(C)c1O. The van der Waals surface area contributed by atoms with Crippen LogP contribution in [0, 0.1) is 13.8 Å². The van der Waals surface area contributed by atoms with Crippen molar-refractivity contribution in [1.82, 2.24) is 9.97 Å². The first-order chi connectivity index (χ1) is 9.56. The summed E-state index contributed by atoms with van der Waals surface area (Å²) < 4.78 is 0. The number of aromatic nitrogens is 2. The zero-order valence-electron chi connectivity index (χ0n) is 11.3. The number of H-pyrrole nitrogens is 1. The van der Waals surface area contributed by atoms with E-state index in [0.29, 0.717) is 16.7 Å². The summed E-state index contributed by atoms with van der Waals surface area (Å²) in [6, 6.07) is 10.9. The minimum Gasteiger partial charge on any atom is -0.507 e. The van der Waals surface area contributed by atoms with Crippen molar-refractivity contribution in [2.75, 3.05) is 0 Å². The Balaban J connectivity index is 2.27. The van der Waals surface area contributed by atoms with Gasteiger partial charge in [-0.3, -0.25) is 4.79 Å². The molecule has 3 aromatic rings. The third-order valence-electron chi connectivity index (χ3n) is 3.38. The zero-order chi connectivity index (χ0) is 14.3. The molecule has 1 aromatic heterocycles. The smallest absolute Gasteiger partial charge is 0.259 e. The zero-order valence-corrected chi connectivity index (χ0v) is 11.3. The lowest BCUT2D eigenvalue weighted by Crippen LogP contribution is -2.09. The van der Waals surface area contributed by atoms with Gasteiger partial charge in [-0.15, -0.1) is 0 Å². The van der Waals surface area contributed by atoms with Gasteiger partial charge in [-0.2, -0.15) is 0 Å². The first kappa shape index (κ1) is 12.4. The number of para-hydroxylation sites is 1. The maximum atomic E-state index is 12.1. The number of rotatable bonds is 1. The van der Waals surface area contributed by atoms with Crippen LogP contribution in [0.1, 0.15) is 11.1 Å². The van der Waals surface area contributed by atoms with Crippen LogP contribution in [0.25, 0.3) is 22.3 Å². The highest BCUT2D eigenvalue weighted by Gasteiger charge is 2.09. The van der Waals surface area contributed by atoms with Gasteiger partial charge in [0.05, 0.1) is 10.9 Å². The first-order valence-electron chi connectivity index (χ1n) is 6.36. The largest absolute Gasteiger partial charge is 0.507 e. The highest BCUT2D eigenvalue weighted by atomic mass is 16.3. The second kappa shape index (κ2) is 4.49. The number of hydrogen-bond donors (Lipinski definition) is 2. The van der Waals surface area contributed by atoms with Gasteiger partial charge >= 0.3 is 0 Å². The van der Waals surface area contributed by atoms with Gasteiger partial charge in [0.2, 0.25) is 0 Å². The summed E-state index contributed by atoms with van der Waals surface area (Å²) in [7, 11) is 0. The molecule has 0 fully saturated rings. The molecule has 2 aromatic carbocycles. The fraction of sp³-hybridized carbons (Fsp3) is 0.125. The van der Waals surface area contributed by atoms with Gasteiger partial charge in [0.25, 0.3) is 5.56 Å². The van der Waals surface area contributed by atoms with Crippen molar-refractivity contribution in [1.29, 1.82) is 0 Å². The molecule has 0 bridgehead atoms. The average Bonchev–Trinajstić information content (AvgIpc) is 2.44. The molecule has 0 saturated carbocycles. The van der Waals surface area contributed by atoms with Gasteiger partial charge in [0, 0.05) is 5.56 Å². The second-order valence-corrected chi connectivity index (χ2v) is 4.89. The van der Waals surface area contributed by atoms with Gasteiger partial charge in [-0.25, -0.2) is 4.98 Å². The summed E-state index contributed by atoms with van der Waals surface area (Å²) in [5.74, 6) is 0.789. The topological polar surface area (TPSA) is 66.0 Å². The van der Waals surface area contributed by atoms with E-state index < -0.39 is 0 Å². The number of aromatic hydroxyl groups is 1. The number of aromatic amines is 1. The van der Waals surface area contributed by atoms with Crippen molar-refractivity contribution in [2.45, 2.75) is 13.8 Å². The second-order valence-electron chi connectivity index (χ2n) is 4.89. The summed E-state index contributed by atoms with van der Waals surface area (Å²) in [6.45, 7) is 3.65. The maximum absolute atomic E-state index is 12.1. The van der Waals surface area contributed by atoms with Crippen molar-refractivity contribution in [3.63, 3.8) is 0 Å². The molecule has 0 spiro atoms. The fourth-order valence-electron chi connectivity index (χ4n) is 2.32. The Morgan fingerprint density at radius 2 is 1.75 bits per heavy atom. The van der Waals surface area contributed by atoms with E-state index in [2.05, 4.69) is 9.97 Å². The molecular weight excluding hydrogens is 252 g/mol. The molecule has 4 nitrogen and oxygen atoms in total. The molecule has 2 N–H and O–H groups in total. The molecule has 20 heavy (non-hydrogen) atoms. The fourth-order valence-corrected chi connectivity index (χ4v) is 2.32. The number of nitrogens with one attached hydrogen (secondary N) is 1. The van der Waals surface area contributed by atoms with Gasteiger partial charge in [0.1, 0.15) is 11.6 Å². The van der Waals surface area contributed by atoms with Gasteiger partial charge in [-0.05, 0) is 49.2 Å². The maximum Gasteiger partial charge on any atom is 0.259 e. The predicted molar refractivity (Wildman–Crippen MR) is 78.9 cm³/mol.